The number of carbonyl (C=O) groups is 3. The molecule has 136 valence electrons. The van der Waals surface area contributed by atoms with Crippen molar-refractivity contribution < 1.29 is 14.4 Å². The first-order valence-corrected chi connectivity index (χ1v) is 9.23. The van der Waals surface area contributed by atoms with Gasteiger partial charge in [-0.2, -0.15) is 0 Å². The molecule has 1 aliphatic rings. The smallest absolute Gasteiger partial charge is 0.245 e. The van der Waals surface area contributed by atoms with Crippen LogP contribution in [0.5, 0.6) is 0 Å². The number of rotatable bonds is 7. The number of nitrogens with one attached hydrogen (secondary N) is 2. The van der Waals surface area contributed by atoms with Gasteiger partial charge < -0.3 is 10.6 Å². The molecule has 25 heavy (non-hydrogen) atoms. The molecule has 5 nitrogen and oxygen atoms in total. The molecule has 0 heterocycles. The minimum absolute atomic E-state index is 0.0720. The van der Waals surface area contributed by atoms with Crippen LogP contribution in [-0.4, -0.2) is 29.7 Å². The van der Waals surface area contributed by atoms with Crippen LogP contribution in [0.4, 0.5) is 0 Å². The van der Waals surface area contributed by atoms with Crippen LogP contribution < -0.4 is 10.6 Å². The molecule has 0 unspecified atom stereocenters. The molecule has 2 N–H and O–H groups in total. The van der Waals surface area contributed by atoms with Gasteiger partial charge in [0.25, 0.3) is 0 Å². The average Bonchev–Trinajstić information content (AvgIpc) is 2.61. The number of likely N-dealkylation sites (N-methyl/N-ethyl adjacent to an activating group) is 1. The third kappa shape index (κ3) is 5.30. The lowest BCUT2D eigenvalue weighted by Gasteiger charge is -2.36. The van der Waals surface area contributed by atoms with Crippen LogP contribution in [0.1, 0.15) is 62.2 Å². The number of amides is 2. The van der Waals surface area contributed by atoms with Gasteiger partial charge in [0, 0.05) is 30.0 Å². The highest BCUT2D eigenvalue weighted by atomic mass is 35.5. The fourth-order valence-corrected chi connectivity index (χ4v) is 3.36. The molecule has 1 saturated carbocycles. The van der Waals surface area contributed by atoms with Crippen molar-refractivity contribution in [2.75, 3.05) is 6.54 Å². The lowest BCUT2D eigenvalue weighted by molar-refractivity contribution is -0.135. The normalized spacial score (nSPS) is 16.1. The van der Waals surface area contributed by atoms with Crippen molar-refractivity contribution in [1.82, 2.24) is 10.6 Å². The van der Waals surface area contributed by atoms with Gasteiger partial charge in [-0.15, -0.1) is 0 Å². The van der Waals surface area contributed by atoms with E-state index in [4.69, 9.17) is 11.6 Å². The molecule has 0 aromatic heterocycles. The van der Waals surface area contributed by atoms with Crippen molar-refractivity contribution >= 4 is 29.2 Å². The third-order valence-electron chi connectivity index (χ3n) is 4.60. The summed E-state index contributed by atoms with van der Waals surface area (Å²) in [5, 5.41) is 6.30. The summed E-state index contributed by atoms with van der Waals surface area (Å²) in [6.45, 7) is 2.40. The Morgan fingerprint density at radius 3 is 2.28 bits per heavy atom. The first kappa shape index (κ1) is 19.4. The summed E-state index contributed by atoms with van der Waals surface area (Å²) in [5.74, 6) is -0.481. The highest BCUT2D eigenvalue weighted by Gasteiger charge is 2.40. The Labute approximate surface area is 153 Å². The van der Waals surface area contributed by atoms with E-state index in [1.807, 2.05) is 6.92 Å². The van der Waals surface area contributed by atoms with Crippen molar-refractivity contribution in [3.05, 3.63) is 34.9 Å². The molecule has 1 aromatic carbocycles. The summed E-state index contributed by atoms with van der Waals surface area (Å²) < 4.78 is 0. The highest BCUT2D eigenvalue weighted by molar-refractivity contribution is 6.30. The van der Waals surface area contributed by atoms with Crippen LogP contribution in [0, 0.1) is 0 Å². The molecule has 0 aliphatic heterocycles. The lowest BCUT2D eigenvalue weighted by Crippen LogP contribution is -2.59. The van der Waals surface area contributed by atoms with Gasteiger partial charge in [-0.3, -0.25) is 14.4 Å². The molecule has 0 radical (unpaired) electrons. The number of Topliss-reactive ketones (excluding diaryl/α,β-unsaturated/α-hetero) is 1. The Morgan fingerprint density at radius 2 is 1.68 bits per heavy atom. The zero-order valence-corrected chi connectivity index (χ0v) is 15.3. The zero-order chi connectivity index (χ0) is 18.3. The van der Waals surface area contributed by atoms with Crippen molar-refractivity contribution in [2.45, 2.75) is 57.4 Å². The van der Waals surface area contributed by atoms with Crippen LogP contribution >= 0.6 is 11.6 Å². The van der Waals surface area contributed by atoms with Crippen molar-refractivity contribution in [1.29, 1.82) is 0 Å². The maximum atomic E-state index is 12.4. The molecule has 0 bridgehead atoms. The molecule has 1 aliphatic carbocycles. The topological polar surface area (TPSA) is 75.3 Å². The fraction of sp³-hybridized carbons (Fsp3) is 0.526. The summed E-state index contributed by atoms with van der Waals surface area (Å²) in [6.07, 6.45) is 4.39. The molecule has 2 amide bonds. The number of halogens is 1. The minimum Gasteiger partial charge on any atom is -0.354 e. The molecule has 1 aromatic rings. The van der Waals surface area contributed by atoms with Crippen molar-refractivity contribution in [3.63, 3.8) is 0 Å². The van der Waals surface area contributed by atoms with Gasteiger partial charge in [-0.1, -0.05) is 30.9 Å². The maximum absolute atomic E-state index is 12.4. The fourth-order valence-electron chi connectivity index (χ4n) is 3.23. The Morgan fingerprint density at radius 1 is 1.04 bits per heavy atom. The van der Waals surface area contributed by atoms with E-state index >= 15 is 0 Å². The van der Waals surface area contributed by atoms with Crippen molar-refractivity contribution in [2.24, 2.45) is 0 Å². The number of carbonyl (C=O) groups excluding carboxylic acids is 3. The van der Waals surface area contributed by atoms with Gasteiger partial charge >= 0.3 is 0 Å². The highest BCUT2D eigenvalue weighted by Crippen LogP contribution is 2.28. The SMILES string of the molecule is CCNC(=O)C1(NC(=O)CCC(=O)c2ccc(Cl)cc2)CCCCC1. The van der Waals surface area contributed by atoms with E-state index in [1.54, 1.807) is 24.3 Å². The van der Waals surface area contributed by atoms with Crippen LogP contribution in [0.15, 0.2) is 24.3 Å². The Bertz CT molecular complexity index is 622. The van der Waals surface area contributed by atoms with Gasteiger partial charge in [-0.05, 0) is 44.0 Å². The number of hydrogen-bond acceptors (Lipinski definition) is 3. The molecule has 2 rings (SSSR count). The Hall–Kier alpha value is -1.88. The number of ketones is 1. The van der Waals surface area contributed by atoms with E-state index in [1.165, 1.54) is 0 Å². The molecular formula is C19H25ClN2O3. The summed E-state index contributed by atoms with van der Waals surface area (Å²) in [5.41, 5.74) is -0.289. The molecule has 0 saturated heterocycles. The standard InChI is InChI=1S/C19H25ClN2O3/c1-2-21-18(25)19(12-4-3-5-13-19)22-17(24)11-10-16(23)14-6-8-15(20)9-7-14/h6-9H,2-5,10-13H2,1H3,(H,21,25)(H,22,24). The van der Waals surface area contributed by atoms with E-state index in [2.05, 4.69) is 10.6 Å². The van der Waals surface area contributed by atoms with Crippen LogP contribution in [0.3, 0.4) is 0 Å². The van der Waals surface area contributed by atoms with Gasteiger partial charge in [-0.25, -0.2) is 0 Å². The van der Waals surface area contributed by atoms with Gasteiger partial charge in [0.2, 0.25) is 11.8 Å². The van der Waals surface area contributed by atoms with Crippen molar-refractivity contribution in [3.8, 4) is 0 Å². The van der Waals surface area contributed by atoms with Gasteiger partial charge in [0.15, 0.2) is 5.78 Å². The summed E-state index contributed by atoms with van der Waals surface area (Å²) in [6, 6.07) is 6.61. The first-order valence-electron chi connectivity index (χ1n) is 8.85. The second-order valence-electron chi connectivity index (χ2n) is 6.48. The van der Waals surface area contributed by atoms with E-state index < -0.39 is 5.54 Å². The van der Waals surface area contributed by atoms with E-state index in [0.29, 0.717) is 30.0 Å². The minimum atomic E-state index is -0.825. The summed E-state index contributed by atoms with van der Waals surface area (Å²) in [7, 11) is 0. The predicted octanol–water partition coefficient (Wildman–Crippen LogP) is 3.26. The molecule has 0 atom stereocenters. The van der Waals surface area contributed by atoms with Crippen LogP contribution in [0.2, 0.25) is 5.02 Å². The molecule has 1 fully saturated rings. The average molecular weight is 365 g/mol. The molecular weight excluding hydrogens is 340 g/mol. The van der Waals surface area contributed by atoms with Crippen LogP contribution in [0.25, 0.3) is 0 Å². The van der Waals surface area contributed by atoms with Gasteiger partial charge in [0.05, 0.1) is 0 Å². The maximum Gasteiger partial charge on any atom is 0.245 e. The Balaban J connectivity index is 1.93. The van der Waals surface area contributed by atoms with E-state index in [9.17, 15) is 14.4 Å². The van der Waals surface area contributed by atoms with Gasteiger partial charge in [0.1, 0.15) is 5.54 Å². The Kier molecular flexibility index (Phi) is 7.00. The summed E-state index contributed by atoms with van der Waals surface area (Å²) in [4.78, 5) is 37.0. The van der Waals surface area contributed by atoms with E-state index in [-0.39, 0.29) is 30.4 Å². The van der Waals surface area contributed by atoms with E-state index in [0.717, 1.165) is 19.3 Å². The number of hydrogen-bond donors (Lipinski definition) is 2. The summed E-state index contributed by atoms with van der Waals surface area (Å²) >= 11 is 5.81. The second kappa shape index (κ2) is 8.99. The first-order chi connectivity index (χ1) is 12.0. The quantitative estimate of drug-likeness (QED) is 0.729. The molecule has 0 spiro atoms. The monoisotopic (exact) mass is 364 g/mol. The van der Waals surface area contributed by atoms with Crippen LogP contribution in [-0.2, 0) is 9.59 Å². The second-order valence-corrected chi connectivity index (χ2v) is 6.92. The third-order valence-corrected chi connectivity index (χ3v) is 4.86. The predicted molar refractivity (Wildman–Crippen MR) is 97.7 cm³/mol. The lowest BCUT2D eigenvalue weighted by atomic mass is 9.80. The zero-order valence-electron chi connectivity index (χ0n) is 14.6. The molecule has 6 heteroatoms. The number of benzene rings is 1. The largest absolute Gasteiger partial charge is 0.354 e.